The fraction of sp³-hybridized carbons (Fsp3) is 0.900. The van der Waals surface area contributed by atoms with E-state index in [9.17, 15) is 22.0 Å². The van der Waals surface area contributed by atoms with Gasteiger partial charge in [0, 0.05) is 25.0 Å². The van der Waals surface area contributed by atoms with E-state index in [2.05, 4.69) is 0 Å². The van der Waals surface area contributed by atoms with Gasteiger partial charge in [0.15, 0.2) is 0 Å². The zero-order valence-corrected chi connectivity index (χ0v) is 11.7. The number of hydrogen-bond donors (Lipinski definition) is 2. The van der Waals surface area contributed by atoms with Crippen LogP contribution in [-0.4, -0.2) is 55.8 Å². The molecular formula is C10H18F2N2O4S. The van der Waals surface area contributed by atoms with Crippen LogP contribution >= 0.6 is 0 Å². The Bertz CT molecular complexity index is 454. The molecule has 112 valence electrons. The van der Waals surface area contributed by atoms with E-state index in [1.54, 1.807) is 0 Å². The van der Waals surface area contributed by atoms with Crippen molar-refractivity contribution >= 4 is 16.1 Å². The summed E-state index contributed by atoms with van der Waals surface area (Å²) in [7, 11) is -3.60. The Morgan fingerprint density at radius 1 is 1.47 bits per heavy atom. The van der Waals surface area contributed by atoms with Gasteiger partial charge < -0.3 is 10.0 Å². The third-order valence-electron chi connectivity index (χ3n) is 3.51. The Labute approximate surface area is 110 Å². The topological polar surface area (TPSA) is 86.7 Å². The number of sulfonamides is 1. The summed E-state index contributed by atoms with van der Waals surface area (Å²) in [4.78, 5) is 11.9. The predicted molar refractivity (Wildman–Crippen MR) is 64.6 cm³/mol. The molecule has 0 spiro atoms. The van der Waals surface area contributed by atoms with E-state index in [4.69, 9.17) is 5.11 Å². The van der Waals surface area contributed by atoms with Crippen LogP contribution in [0.15, 0.2) is 0 Å². The summed E-state index contributed by atoms with van der Waals surface area (Å²) in [6.45, 7) is 1.87. The van der Waals surface area contributed by atoms with Crippen LogP contribution in [0.25, 0.3) is 0 Å². The van der Waals surface area contributed by atoms with Crippen LogP contribution in [0.1, 0.15) is 13.8 Å². The second kappa shape index (κ2) is 5.20. The fourth-order valence-electron chi connectivity index (χ4n) is 2.29. The molecule has 0 bridgehead atoms. The maximum atomic E-state index is 14.1. The van der Waals surface area contributed by atoms with Gasteiger partial charge in [-0.05, 0) is 6.92 Å². The first-order valence-corrected chi connectivity index (χ1v) is 7.68. The fourth-order valence-corrected chi connectivity index (χ4v) is 2.77. The number of alkyl halides is 2. The van der Waals surface area contributed by atoms with E-state index in [1.807, 2.05) is 4.72 Å². The van der Waals surface area contributed by atoms with Gasteiger partial charge in [0.25, 0.3) is 5.92 Å². The number of carboxylic acid groups (broad SMARTS) is 1. The molecule has 0 radical (unpaired) electrons. The summed E-state index contributed by atoms with van der Waals surface area (Å²) in [5.41, 5.74) is 0. The van der Waals surface area contributed by atoms with Crippen molar-refractivity contribution in [1.29, 1.82) is 0 Å². The van der Waals surface area contributed by atoms with Gasteiger partial charge in [0.1, 0.15) is 0 Å². The predicted octanol–water partition coefficient (Wildman–Crippen LogP) is 0.805. The number of amides is 1. The zero-order valence-electron chi connectivity index (χ0n) is 10.9. The van der Waals surface area contributed by atoms with E-state index < -0.39 is 46.5 Å². The normalized spacial score (nSPS) is 31.2. The number of hydrogen-bond acceptors (Lipinski definition) is 3. The highest BCUT2D eigenvalue weighted by Gasteiger charge is 2.54. The quantitative estimate of drug-likeness (QED) is 0.807. The second-order valence-corrected chi connectivity index (χ2v) is 6.81. The molecule has 3 atom stereocenters. The SMILES string of the molecule is C[C@H]1[C@@H](CNS(C)(=O)=O)C(F)(F)[C@@H](C)CN1C(=O)O. The lowest BCUT2D eigenvalue weighted by atomic mass is 9.81. The molecule has 19 heavy (non-hydrogen) atoms. The van der Waals surface area contributed by atoms with Gasteiger partial charge in [-0.3, -0.25) is 0 Å². The van der Waals surface area contributed by atoms with E-state index in [1.165, 1.54) is 13.8 Å². The Hall–Kier alpha value is -0.960. The highest BCUT2D eigenvalue weighted by molar-refractivity contribution is 7.88. The minimum absolute atomic E-state index is 0.265. The Kier molecular flexibility index (Phi) is 4.40. The highest BCUT2D eigenvalue weighted by atomic mass is 32.2. The molecule has 0 aromatic heterocycles. The number of rotatable bonds is 3. The maximum absolute atomic E-state index is 14.1. The standard InChI is InChI=1S/C10H18F2N2O4S/c1-6-5-14(9(15)16)7(2)8(10(6,11)12)4-13-19(3,17)18/h6-8,13H,4-5H2,1-3H3,(H,15,16)/t6-,7-,8+/m0/s1. The molecule has 1 amide bonds. The summed E-state index contributed by atoms with van der Waals surface area (Å²) < 4.78 is 52.2. The first kappa shape index (κ1) is 16.1. The van der Waals surface area contributed by atoms with Crippen molar-refractivity contribution in [2.45, 2.75) is 25.8 Å². The Morgan fingerprint density at radius 3 is 2.42 bits per heavy atom. The number of halogens is 2. The number of likely N-dealkylation sites (tertiary alicyclic amines) is 1. The van der Waals surface area contributed by atoms with Gasteiger partial charge in [-0.1, -0.05) is 6.92 Å². The van der Waals surface area contributed by atoms with Gasteiger partial charge in [0.2, 0.25) is 10.0 Å². The molecule has 1 saturated heterocycles. The molecule has 0 aliphatic carbocycles. The molecule has 1 aliphatic rings. The van der Waals surface area contributed by atoms with E-state index in [-0.39, 0.29) is 6.54 Å². The number of piperidine rings is 1. The van der Waals surface area contributed by atoms with Crippen LogP contribution in [-0.2, 0) is 10.0 Å². The van der Waals surface area contributed by atoms with Crippen molar-refractivity contribution in [3.63, 3.8) is 0 Å². The molecule has 0 aromatic carbocycles. The first-order chi connectivity index (χ1) is 8.47. The lowest BCUT2D eigenvalue weighted by Gasteiger charge is -2.46. The number of carbonyl (C=O) groups is 1. The Balaban J connectivity index is 2.97. The van der Waals surface area contributed by atoms with E-state index >= 15 is 0 Å². The molecule has 1 heterocycles. The van der Waals surface area contributed by atoms with Crippen LogP contribution < -0.4 is 4.72 Å². The molecule has 1 fully saturated rings. The lowest BCUT2D eigenvalue weighted by molar-refractivity contribution is -0.154. The molecule has 1 rings (SSSR count). The monoisotopic (exact) mass is 300 g/mol. The maximum Gasteiger partial charge on any atom is 0.407 e. The minimum Gasteiger partial charge on any atom is -0.465 e. The smallest absolute Gasteiger partial charge is 0.407 e. The average Bonchev–Trinajstić information content (AvgIpc) is 2.21. The summed E-state index contributed by atoms with van der Waals surface area (Å²) >= 11 is 0. The lowest BCUT2D eigenvalue weighted by Crippen LogP contribution is -2.61. The highest BCUT2D eigenvalue weighted by Crippen LogP contribution is 2.40. The largest absolute Gasteiger partial charge is 0.465 e. The van der Waals surface area contributed by atoms with Crippen molar-refractivity contribution in [3.8, 4) is 0 Å². The molecule has 6 nitrogen and oxygen atoms in total. The second-order valence-electron chi connectivity index (χ2n) is 4.98. The minimum atomic E-state index is -3.60. The van der Waals surface area contributed by atoms with Gasteiger partial charge >= 0.3 is 6.09 Å². The molecule has 0 aromatic rings. The van der Waals surface area contributed by atoms with Gasteiger partial charge in [0.05, 0.1) is 12.2 Å². The van der Waals surface area contributed by atoms with Crippen LogP contribution in [0.5, 0.6) is 0 Å². The number of nitrogens with zero attached hydrogens (tertiary/aromatic N) is 1. The van der Waals surface area contributed by atoms with Crippen LogP contribution in [0.3, 0.4) is 0 Å². The van der Waals surface area contributed by atoms with Crippen LogP contribution in [0.2, 0.25) is 0 Å². The summed E-state index contributed by atoms with van der Waals surface area (Å²) in [6, 6.07) is -0.960. The summed E-state index contributed by atoms with van der Waals surface area (Å²) in [5.74, 6) is -5.67. The zero-order chi connectivity index (χ0) is 15.0. The van der Waals surface area contributed by atoms with E-state index in [0.29, 0.717) is 0 Å². The molecular weight excluding hydrogens is 282 g/mol. The van der Waals surface area contributed by atoms with Gasteiger partial charge in [-0.25, -0.2) is 26.7 Å². The molecule has 0 saturated carbocycles. The van der Waals surface area contributed by atoms with Crippen molar-refractivity contribution in [3.05, 3.63) is 0 Å². The molecule has 9 heteroatoms. The number of nitrogens with one attached hydrogen (secondary N) is 1. The third-order valence-corrected chi connectivity index (χ3v) is 4.20. The van der Waals surface area contributed by atoms with Crippen molar-refractivity contribution in [2.75, 3.05) is 19.3 Å². The van der Waals surface area contributed by atoms with Crippen molar-refractivity contribution < 1.29 is 27.1 Å². The van der Waals surface area contributed by atoms with Gasteiger partial charge in [-0.2, -0.15) is 0 Å². The summed E-state index contributed by atoms with van der Waals surface area (Å²) in [6.07, 6.45) is -0.406. The van der Waals surface area contributed by atoms with Crippen molar-refractivity contribution in [1.82, 2.24) is 9.62 Å². The third kappa shape index (κ3) is 3.53. The molecule has 1 aliphatic heterocycles. The first-order valence-electron chi connectivity index (χ1n) is 5.78. The average molecular weight is 300 g/mol. The van der Waals surface area contributed by atoms with Gasteiger partial charge in [-0.15, -0.1) is 0 Å². The van der Waals surface area contributed by atoms with E-state index in [0.717, 1.165) is 11.2 Å². The summed E-state index contributed by atoms with van der Waals surface area (Å²) in [5, 5.41) is 8.98. The van der Waals surface area contributed by atoms with Crippen LogP contribution in [0, 0.1) is 11.8 Å². The van der Waals surface area contributed by atoms with Crippen molar-refractivity contribution in [2.24, 2.45) is 11.8 Å². The molecule has 0 unspecified atom stereocenters. The van der Waals surface area contributed by atoms with Crippen LogP contribution in [0.4, 0.5) is 13.6 Å². The molecule has 2 N–H and O–H groups in total. The Morgan fingerprint density at radius 2 is 2.00 bits per heavy atom.